The number of benzene rings is 2. The second-order valence-corrected chi connectivity index (χ2v) is 7.71. The Morgan fingerprint density at radius 3 is 2.52 bits per heavy atom. The van der Waals surface area contributed by atoms with Crippen molar-refractivity contribution >= 4 is 22.9 Å². The van der Waals surface area contributed by atoms with Crippen molar-refractivity contribution in [1.82, 2.24) is 0 Å². The molecule has 0 unspecified atom stereocenters. The number of allylic oxidation sites excluding steroid dienone is 2. The third kappa shape index (κ3) is 2.80. The fraction of sp³-hybridized carbons (Fsp3) is 0.273. The first kappa shape index (κ1) is 15.8. The molecule has 25 heavy (non-hydrogen) atoms. The molecule has 0 saturated carbocycles. The van der Waals surface area contributed by atoms with Crippen LogP contribution >= 0.6 is 0 Å². The highest BCUT2D eigenvalue weighted by Crippen LogP contribution is 2.42. The van der Waals surface area contributed by atoms with Crippen molar-refractivity contribution < 1.29 is 4.79 Å². The number of carbonyl (C=O) groups excluding carboxylic acids is 1. The molecule has 0 radical (unpaired) electrons. The Bertz CT molecular complexity index is 935. The number of hydrogen-bond donors (Lipinski definition) is 1. The maximum absolute atomic E-state index is 13.1. The first-order chi connectivity index (χ1) is 11.9. The van der Waals surface area contributed by atoms with Crippen LogP contribution in [0, 0.1) is 12.3 Å². The molecule has 0 fully saturated rings. The summed E-state index contributed by atoms with van der Waals surface area (Å²) in [6, 6.07) is 16.1. The van der Waals surface area contributed by atoms with Crippen LogP contribution in [-0.2, 0) is 4.79 Å². The molecule has 1 heterocycles. The van der Waals surface area contributed by atoms with Gasteiger partial charge in [-0.15, -0.1) is 0 Å². The number of carbonyl (C=O) groups is 1. The van der Waals surface area contributed by atoms with Gasteiger partial charge in [0.2, 0.25) is 0 Å². The number of nitrogens with one attached hydrogen (secondary N) is 1. The van der Waals surface area contributed by atoms with Crippen LogP contribution in [0.3, 0.4) is 0 Å². The van der Waals surface area contributed by atoms with Gasteiger partial charge in [0.1, 0.15) is 0 Å². The molecule has 4 rings (SSSR count). The van der Waals surface area contributed by atoms with Crippen LogP contribution in [0.1, 0.15) is 37.8 Å². The quantitative estimate of drug-likeness (QED) is 0.782. The van der Waals surface area contributed by atoms with Gasteiger partial charge in [-0.2, -0.15) is 0 Å². The fourth-order valence-electron chi connectivity index (χ4n) is 3.75. The summed E-state index contributed by atoms with van der Waals surface area (Å²) in [6.45, 7) is 6.37. The first-order valence-corrected chi connectivity index (χ1v) is 8.72. The van der Waals surface area contributed by atoms with E-state index in [2.05, 4.69) is 38.2 Å². The summed E-state index contributed by atoms with van der Waals surface area (Å²) in [5.74, 6) is 0.175. The van der Waals surface area contributed by atoms with E-state index in [0.29, 0.717) is 6.42 Å². The number of aryl methyl sites for hydroxylation is 1. The molecule has 1 aliphatic heterocycles. The first-order valence-electron chi connectivity index (χ1n) is 8.72. The maximum atomic E-state index is 13.1. The number of fused-ring (bicyclic) bond motifs is 1. The van der Waals surface area contributed by atoms with E-state index in [4.69, 9.17) is 4.99 Å². The predicted molar refractivity (Wildman–Crippen MR) is 102 cm³/mol. The number of Topliss-reactive ketones (excluding diaryl/α,β-unsaturated/α-hetero) is 1. The van der Waals surface area contributed by atoms with Gasteiger partial charge >= 0.3 is 0 Å². The smallest absolute Gasteiger partial charge is 0.167 e. The zero-order chi connectivity index (χ0) is 17.6. The largest absolute Gasteiger partial charge is 0.356 e. The maximum Gasteiger partial charge on any atom is 0.167 e. The van der Waals surface area contributed by atoms with E-state index in [1.165, 1.54) is 0 Å². The Labute approximate surface area is 148 Å². The lowest BCUT2D eigenvalue weighted by molar-refractivity contribution is -0.117. The highest BCUT2D eigenvalue weighted by molar-refractivity contribution is 6.31. The summed E-state index contributed by atoms with van der Waals surface area (Å²) in [4.78, 5) is 18.0. The van der Waals surface area contributed by atoms with Gasteiger partial charge in [-0.1, -0.05) is 50.2 Å². The van der Waals surface area contributed by atoms with E-state index in [9.17, 15) is 4.79 Å². The highest BCUT2D eigenvalue weighted by atomic mass is 16.1. The van der Waals surface area contributed by atoms with E-state index in [1.54, 1.807) is 0 Å². The van der Waals surface area contributed by atoms with Gasteiger partial charge in [-0.3, -0.25) is 4.79 Å². The average Bonchev–Trinajstić information content (AvgIpc) is 2.70. The Kier molecular flexibility index (Phi) is 3.60. The number of nitrogens with zero attached hydrogens (tertiary/aromatic N) is 1. The van der Waals surface area contributed by atoms with E-state index in [-0.39, 0.29) is 11.2 Å². The number of para-hydroxylation sites is 2. The standard InChI is InChI=1S/C22H22N2O/c1-14-8-4-5-9-15(14)21-20-18(12-22(2,3)13-19(20)25)23-16-10-6-7-11-17(16)24-21/h4-11,23H,12-13H2,1-3H3. The van der Waals surface area contributed by atoms with Gasteiger partial charge in [0.15, 0.2) is 5.78 Å². The van der Waals surface area contributed by atoms with Crippen LogP contribution in [0.4, 0.5) is 11.4 Å². The van der Waals surface area contributed by atoms with Gasteiger partial charge in [-0.25, -0.2) is 4.99 Å². The van der Waals surface area contributed by atoms with Crippen molar-refractivity contribution in [1.29, 1.82) is 0 Å². The average molecular weight is 330 g/mol. The zero-order valence-corrected chi connectivity index (χ0v) is 14.9. The molecule has 2 aromatic carbocycles. The molecule has 0 spiro atoms. The minimum Gasteiger partial charge on any atom is -0.356 e. The monoisotopic (exact) mass is 330 g/mol. The molecule has 0 bridgehead atoms. The predicted octanol–water partition coefficient (Wildman–Crippen LogP) is 5.18. The number of hydrogen-bond acceptors (Lipinski definition) is 3. The molecule has 0 atom stereocenters. The Hall–Kier alpha value is -2.68. The molecule has 126 valence electrons. The van der Waals surface area contributed by atoms with Crippen LogP contribution in [0.5, 0.6) is 0 Å². The lowest BCUT2D eigenvalue weighted by atomic mass is 9.74. The molecule has 1 aliphatic carbocycles. The molecule has 2 aliphatic rings. The van der Waals surface area contributed by atoms with Gasteiger partial charge < -0.3 is 5.32 Å². The van der Waals surface area contributed by atoms with Gasteiger partial charge in [0.25, 0.3) is 0 Å². The lowest BCUT2D eigenvalue weighted by Gasteiger charge is -2.32. The summed E-state index contributed by atoms with van der Waals surface area (Å²) in [5, 5.41) is 3.51. The molecule has 3 nitrogen and oxygen atoms in total. The zero-order valence-electron chi connectivity index (χ0n) is 14.9. The molecule has 3 heteroatoms. The SMILES string of the molecule is Cc1ccccc1C1=Nc2ccccc2NC2=C1C(=O)CC(C)(C)C2. The number of rotatable bonds is 1. The van der Waals surface area contributed by atoms with E-state index in [1.807, 2.05) is 36.4 Å². The van der Waals surface area contributed by atoms with Crippen molar-refractivity contribution in [2.45, 2.75) is 33.6 Å². The summed E-state index contributed by atoms with van der Waals surface area (Å²) in [7, 11) is 0. The molecular weight excluding hydrogens is 308 g/mol. The molecule has 0 saturated heterocycles. The summed E-state index contributed by atoms with van der Waals surface area (Å²) >= 11 is 0. The van der Waals surface area contributed by atoms with Gasteiger partial charge in [0.05, 0.1) is 22.7 Å². The molecular formula is C22H22N2O. The van der Waals surface area contributed by atoms with Gasteiger partial charge in [0, 0.05) is 17.7 Å². The van der Waals surface area contributed by atoms with Crippen molar-refractivity contribution in [3.8, 4) is 0 Å². The van der Waals surface area contributed by atoms with Crippen LogP contribution in [0.2, 0.25) is 0 Å². The van der Waals surface area contributed by atoms with Crippen molar-refractivity contribution in [3.63, 3.8) is 0 Å². The summed E-state index contributed by atoms with van der Waals surface area (Å²) in [5.41, 5.74) is 6.50. The van der Waals surface area contributed by atoms with Crippen molar-refractivity contribution in [2.24, 2.45) is 10.4 Å². The third-order valence-corrected chi connectivity index (χ3v) is 4.93. The Morgan fingerprint density at radius 2 is 1.72 bits per heavy atom. The third-order valence-electron chi connectivity index (χ3n) is 4.93. The van der Waals surface area contributed by atoms with Gasteiger partial charge in [-0.05, 0) is 36.5 Å². The second kappa shape index (κ2) is 5.69. The normalized spacial score (nSPS) is 18.7. The van der Waals surface area contributed by atoms with Crippen LogP contribution in [0.25, 0.3) is 0 Å². The molecule has 2 aromatic rings. The summed E-state index contributed by atoms with van der Waals surface area (Å²) in [6.07, 6.45) is 1.39. The van der Waals surface area contributed by atoms with Crippen LogP contribution < -0.4 is 5.32 Å². The van der Waals surface area contributed by atoms with Crippen molar-refractivity contribution in [2.75, 3.05) is 5.32 Å². The summed E-state index contributed by atoms with van der Waals surface area (Å²) < 4.78 is 0. The molecule has 0 aromatic heterocycles. The second-order valence-electron chi connectivity index (χ2n) is 7.71. The van der Waals surface area contributed by atoms with Crippen LogP contribution in [-0.4, -0.2) is 11.5 Å². The molecule has 1 N–H and O–H groups in total. The topological polar surface area (TPSA) is 41.5 Å². The number of anilines is 1. The van der Waals surface area contributed by atoms with E-state index in [0.717, 1.165) is 45.9 Å². The number of aliphatic imine (C=N–C) groups is 1. The highest BCUT2D eigenvalue weighted by Gasteiger charge is 2.37. The van der Waals surface area contributed by atoms with E-state index >= 15 is 0 Å². The Morgan fingerprint density at radius 1 is 1.00 bits per heavy atom. The minimum absolute atomic E-state index is 0.0426. The van der Waals surface area contributed by atoms with E-state index < -0.39 is 0 Å². The Balaban J connectivity index is 1.99. The lowest BCUT2D eigenvalue weighted by Crippen LogP contribution is -2.31. The minimum atomic E-state index is -0.0426. The van der Waals surface area contributed by atoms with Crippen LogP contribution in [0.15, 0.2) is 64.8 Å². The number of ketones is 1. The molecule has 0 amide bonds. The van der Waals surface area contributed by atoms with Crippen molar-refractivity contribution in [3.05, 3.63) is 70.9 Å². The fourth-order valence-corrected chi connectivity index (χ4v) is 3.75.